The minimum absolute atomic E-state index is 0.426. The summed E-state index contributed by atoms with van der Waals surface area (Å²) in [5.41, 5.74) is -0.470. The second-order valence-electron chi connectivity index (χ2n) is 6.24. The average molecular weight is 308 g/mol. The van der Waals surface area contributed by atoms with Gasteiger partial charge >= 0.3 is 6.16 Å². The summed E-state index contributed by atoms with van der Waals surface area (Å²) in [6, 6.07) is 5.72. The predicted molar refractivity (Wildman–Crippen MR) is 86.7 cm³/mol. The molecule has 1 aliphatic heterocycles. The predicted octanol–water partition coefficient (Wildman–Crippen LogP) is 3.51. The Morgan fingerprint density at radius 1 is 1.09 bits per heavy atom. The molecule has 1 saturated heterocycles. The maximum Gasteiger partial charge on any atom is 0.508 e. The highest BCUT2D eigenvalue weighted by Gasteiger charge is 2.17. The molecule has 0 N–H and O–H groups in total. The van der Waals surface area contributed by atoms with Crippen LogP contribution in [-0.4, -0.2) is 47.9 Å². The van der Waals surface area contributed by atoms with E-state index in [9.17, 15) is 4.79 Å². The molecule has 22 heavy (non-hydrogen) atoms. The topological polar surface area (TPSA) is 51.7 Å². The standard InChI is InChI=1S/C12H23NO3.C5H5N/c1-12(2,3)16-11(14)15-10-9-13-7-5-4-6-8-13;1-2-4-6-5-3-1/h4-10H2,1-3H3;1-5H. The van der Waals surface area contributed by atoms with Gasteiger partial charge in [-0.2, -0.15) is 0 Å². The van der Waals surface area contributed by atoms with E-state index in [4.69, 9.17) is 9.47 Å². The molecule has 0 aromatic carbocycles. The first kappa shape index (κ1) is 18.4. The zero-order valence-electron chi connectivity index (χ0n) is 14.0. The van der Waals surface area contributed by atoms with Crippen LogP contribution in [0, 0.1) is 0 Å². The maximum atomic E-state index is 11.2. The van der Waals surface area contributed by atoms with E-state index in [2.05, 4.69) is 9.88 Å². The molecule has 2 heterocycles. The third-order valence-electron chi connectivity index (χ3n) is 3.03. The molecule has 1 aromatic rings. The van der Waals surface area contributed by atoms with E-state index < -0.39 is 11.8 Å². The quantitative estimate of drug-likeness (QED) is 0.800. The van der Waals surface area contributed by atoms with E-state index in [0.717, 1.165) is 19.6 Å². The van der Waals surface area contributed by atoms with Gasteiger partial charge in [0.25, 0.3) is 0 Å². The van der Waals surface area contributed by atoms with Crippen LogP contribution in [0.1, 0.15) is 40.0 Å². The van der Waals surface area contributed by atoms with Crippen LogP contribution in [0.15, 0.2) is 30.6 Å². The summed E-state index contributed by atoms with van der Waals surface area (Å²) in [4.78, 5) is 17.3. The Morgan fingerprint density at radius 3 is 2.18 bits per heavy atom. The molecule has 0 atom stereocenters. The van der Waals surface area contributed by atoms with Gasteiger partial charge in [-0.1, -0.05) is 12.5 Å². The van der Waals surface area contributed by atoms with E-state index in [0.29, 0.717) is 6.61 Å². The molecule has 124 valence electrons. The van der Waals surface area contributed by atoms with Gasteiger partial charge in [-0.15, -0.1) is 0 Å². The van der Waals surface area contributed by atoms with Crippen LogP contribution >= 0.6 is 0 Å². The molecular formula is C17H28N2O3. The normalized spacial score (nSPS) is 15.4. The average Bonchev–Trinajstić information content (AvgIpc) is 2.49. The molecule has 0 saturated carbocycles. The Morgan fingerprint density at radius 2 is 1.73 bits per heavy atom. The first-order chi connectivity index (χ1) is 10.5. The highest BCUT2D eigenvalue weighted by Crippen LogP contribution is 2.09. The van der Waals surface area contributed by atoms with E-state index >= 15 is 0 Å². The number of likely N-dealkylation sites (tertiary alicyclic amines) is 1. The van der Waals surface area contributed by atoms with E-state index in [1.54, 1.807) is 12.4 Å². The Bertz CT molecular complexity index is 371. The molecular weight excluding hydrogens is 280 g/mol. The largest absolute Gasteiger partial charge is 0.508 e. The SMILES string of the molecule is CC(C)(C)OC(=O)OCCN1CCCCC1.c1ccncc1. The highest BCUT2D eigenvalue weighted by atomic mass is 16.7. The van der Waals surface area contributed by atoms with Crippen molar-refractivity contribution in [3.05, 3.63) is 30.6 Å². The van der Waals surface area contributed by atoms with Gasteiger partial charge in [-0.25, -0.2) is 4.79 Å². The van der Waals surface area contributed by atoms with E-state index in [1.807, 2.05) is 39.0 Å². The van der Waals surface area contributed by atoms with Gasteiger partial charge in [0, 0.05) is 18.9 Å². The summed E-state index contributed by atoms with van der Waals surface area (Å²) >= 11 is 0. The zero-order chi connectivity index (χ0) is 16.3. The summed E-state index contributed by atoms with van der Waals surface area (Å²) in [6.07, 6.45) is 6.77. The van der Waals surface area contributed by atoms with E-state index in [1.165, 1.54) is 19.3 Å². The smallest absolute Gasteiger partial charge is 0.433 e. The van der Waals surface area contributed by atoms with Crippen molar-refractivity contribution in [2.24, 2.45) is 0 Å². The molecule has 0 radical (unpaired) electrons. The van der Waals surface area contributed by atoms with Gasteiger partial charge in [-0.3, -0.25) is 9.88 Å². The van der Waals surface area contributed by atoms with Gasteiger partial charge in [0.15, 0.2) is 0 Å². The fraction of sp³-hybridized carbons (Fsp3) is 0.647. The molecule has 1 aromatic heterocycles. The zero-order valence-corrected chi connectivity index (χ0v) is 14.0. The van der Waals surface area contributed by atoms with Crippen molar-refractivity contribution in [1.29, 1.82) is 0 Å². The number of carbonyl (C=O) groups excluding carboxylic acids is 1. The lowest BCUT2D eigenvalue weighted by Gasteiger charge is -2.26. The van der Waals surface area contributed by atoms with Crippen molar-refractivity contribution in [3.8, 4) is 0 Å². The van der Waals surface area contributed by atoms with E-state index in [-0.39, 0.29) is 0 Å². The van der Waals surface area contributed by atoms with Gasteiger partial charge in [-0.05, 0) is 58.8 Å². The van der Waals surface area contributed by atoms with Crippen molar-refractivity contribution in [2.45, 2.75) is 45.6 Å². The molecule has 0 amide bonds. The summed E-state index contributed by atoms with van der Waals surface area (Å²) < 4.78 is 10.1. The fourth-order valence-electron chi connectivity index (χ4n) is 2.03. The first-order valence-electron chi connectivity index (χ1n) is 7.90. The van der Waals surface area contributed by atoms with Crippen LogP contribution in [0.3, 0.4) is 0 Å². The van der Waals surface area contributed by atoms with Gasteiger partial charge in [0.05, 0.1) is 0 Å². The fourth-order valence-corrected chi connectivity index (χ4v) is 2.03. The number of rotatable bonds is 3. The van der Waals surface area contributed by atoms with Crippen molar-refractivity contribution in [1.82, 2.24) is 9.88 Å². The number of aromatic nitrogens is 1. The summed E-state index contributed by atoms with van der Waals surface area (Å²) in [5, 5.41) is 0. The monoisotopic (exact) mass is 308 g/mol. The summed E-state index contributed by atoms with van der Waals surface area (Å²) in [7, 11) is 0. The number of ether oxygens (including phenoxy) is 2. The molecule has 0 spiro atoms. The number of hydrogen-bond donors (Lipinski definition) is 0. The lowest BCUT2D eigenvalue weighted by atomic mass is 10.1. The highest BCUT2D eigenvalue weighted by molar-refractivity contribution is 5.60. The van der Waals surface area contributed by atoms with Crippen molar-refractivity contribution < 1.29 is 14.3 Å². The lowest BCUT2D eigenvalue weighted by molar-refractivity contribution is -0.0108. The summed E-state index contributed by atoms with van der Waals surface area (Å²) in [6.45, 7) is 8.99. The van der Waals surface area contributed by atoms with Gasteiger partial charge in [0.2, 0.25) is 0 Å². The molecule has 0 unspecified atom stereocenters. The third kappa shape index (κ3) is 10.2. The van der Waals surface area contributed by atoms with Crippen LogP contribution in [0.25, 0.3) is 0 Å². The first-order valence-corrected chi connectivity index (χ1v) is 7.90. The molecule has 1 fully saturated rings. The van der Waals surface area contributed by atoms with Gasteiger partial charge in [0.1, 0.15) is 12.2 Å². The molecule has 0 bridgehead atoms. The van der Waals surface area contributed by atoms with Crippen LogP contribution in [0.4, 0.5) is 4.79 Å². The number of piperidine rings is 1. The summed E-state index contributed by atoms with van der Waals surface area (Å²) in [5.74, 6) is 0. The molecule has 0 aliphatic carbocycles. The Kier molecular flexibility index (Phi) is 8.51. The third-order valence-corrected chi connectivity index (χ3v) is 3.03. The maximum absolute atomic E-state index is 11.2. The minimum Gasteiger partial charge on any atom is -0.433 e. The Labute approximate surface area is 133 Å². The molecule has 2 rings (SSSR count). The number of hydrogen-bond acceptors (Lipinski definition) is 5. The van der Waals surface area contributed by atoms with Crippen LogP contribution in [0.2, 0.25) is 0 Å². The molecule has 5 nitrogen and oxygen atoms in total. The van der Waals surface area contributed by atoms with Crippen molar-refractivity contribution in [2.75, 3.05) is 26.2 Å². The van der Waals surface area contributed by atoms with Crippen LogP contribution in [0.5, 0.6) is 0 Å². The number of carbonyl (C=O) groups is 1. The Balaban J connectivity index is 0.000000335. The van der Waals surface area contributed by atoms with Crippen molar-refractivity contribution >= 4 is 6.16 Å². The van der Waals surface area contributed by atoms with Crippen LogP contribution < -0.4 is 0 Å². The molecule has 5 heteroatoms. The second-order valence-corrected chi connectivity index (χ2v) is 6.24. The van der Waals surface area contributed by atoms with Crippen LogP contribution in [-0.2, 0) is 9.47 Å². The lowest BCUT2D eigenvalue weighted by Crippen LogP contribution is -2.33. The minimum atomic E-state index is -0.565. The molecule has 1 aliphatic rings. The number of pyridine rings is 1. The second kappa shape index (κ2) is 10.2. The van der Waals surface area contributed by atoms with Crippen molar-refractivity contribution in [3.63, 3.8) is 0 Å². The van der Waals surface area contributed by atoms with Gasteiger partial charge < -0.3 is 9.47 Å². The number of nitrogens with zero attached hydrogens (tertiary/aromatic N) is 2. The Hall–Kier alpha value is -1.62.